The third-order valence-electron chi connectivity index (χ3n) is 4.57. The van der Waals surface area contributed by atoms with Crippen LogP contribution in [0.15, 0.2) is 48.7 Å². The molecule has 25 heavy (non-hydrogen) atoms. The van der Waals surface area contributed by atoms with E-state index in [0.29, 0.717) is 6.42 Å². The van der Waals surface area contributed by atoms with Gasteiger partial charge in [-0.1, -0.05) is 18.2 Å². The molecule has 1 aromatic carbocycles. The average molecular weight is 349 g/mol. The molecular weight excluding hydrogens is 327 g/mol. The summed E-state index contributed by atoms with van der Waals surface area (Å²) >= 11 is 0. The first-order chi connectivity index (χ1) is 12.0. The fourth-order valence-corrected chi connectivity index (χ4v) is 3.25. The van der Waals surface area contributed by atoms with E-state index in [1.807, 2.05) is 18.2 Å². The summed E-state index contributed by atoms with van der Waals surface area (Å²) < 4.78 is 38.5. The lowest BCUT2D eigenvalue weighted by molar-refractivity contribution is -0.137. The third-order valence-corrected chi connectivity index (χ3v) is 4.57. The summed E-state index contributed by atoms with van der Waals surface area (Å²) in [5.74, 6) is 0. The number of pyridine rings is 1. The molecule has 2 aromatic rings. The topological polar surface area (TPSA) is 28.2 Å². The van der Waals surface area contributed by atoms with Crippen molar-refractivity contribution < 1.29 is 13.2 Å². The van der Waals surface area contributed by atoms with Crippen molar-refractivity contribution in [1.29, 1.82) is 0 Å². The highest BCUT2D eigenvalue weighted by Gasteiger charge is 2.31. The molecule has 1 unspecified atom stereocenters. The number of halogens is 3. The van der Waals surface area contributed by atoms with E-state index in [0.717, 1.165) is 43.9 Å². The molecule has 1 atom stereocenters. The number of rotatable bonds is 4. The van der Waals surface area contributed by atoms with Crippen molar-refractivity contribution in [2.45, 2.75) is 25.1 Å². The Morgan fingerprint density at radius 1 is 1.04 bits per heavy atom. The molecule has 0 bridgehead atoms. The normalized spacial score (nSPS) is 17.9. The summed E-state index contributed by atoms with van der Waals surface area (Å²) in [5.41, 5.74) is 1.25. The highest BCUT2D eigenvalue weighted by molar-refractivity contribution is 5.28. The van der Waals surface area contributed by atoms with Crippen molar-refractivity contribution in [1.82, 2.24) is 15.2 Å². The van der Waals surface area contributed by atoms with Crippen LogP contribution in [0.1, 0.15) is 29.3 Å². The van der Waals surface area contributed by atoms with Gasteiger partial charge in [0.2, 0.25) is 0 Å². The van der Waals surface area contributed by atoms with Crippen LogP contribution in [0.3, 0.4) is 0 Å². The van der Waals surface area contributed by atoms with Crippen molar-refractivity contribution in [3.8, 4) is 0 Å². The van der Waals surface area contributed by atoms with Crippen LogP contribution in [-0.2, 0) is 12.6 Å². The zero-order valence-corrected chi connectivity index (χ0v) is 14.0. The Bertz CT molecular complexity index is 648. The van der Waals surface area contributed by atoms with Gasteiger partial charge in [0.05, 0.1) is 5.56 Å². The van der Waals surface area contributed by atoms with Gasteiger partial charge in [-0.15, -0.1) is 0 Å². The predicted octanol–water partition coefficient (Wildman–Crippen LogP) is 3.68. The number of nitrogens with zero attached hydrogens (tertiary/aromatic N) is 2. The molecule has 0 radical (unpaired) electrons. The van der Waals surface area contributed by atoms with Crippen LogP contribution >= 0.6 is 0 Å². The van der Waals surface area contributed by atoms with Gasteiger partial charge in [0.15, 0.2) is 0 Å². The fraction of sp³-hybridized carbons (Fsp3) is 0.421. The fourth-order valence-electron chi connectivity index (χ4n) is 3.25. The second-order valence-corrected chi connectivity index (χ2v) is 6.30. The molecule has 0 saturated carbocycles. The van der Waals surface area contributed by atoms with E-state index < -0.39 is 11.7 Å². The summed E-state index contributed by atoms with van der Waals surface area (Å²) in [6.07, 6.45) is -0.837. The Labute approximate surface area is 145 Å². The van der Waals surface area contributed by atoms with Crippen LogP contribution in [0.4, 0.5) is 13.2 Å². The van der Waals surface area contributed by atoms with Crippen LogP contribution in [0.25, 0.3) is 0 Å². The molecule has 1 fully saturated rings. The Balaban J connectivity index is 1.86. The predicted molar refractivity (Wildman–Crippen MR) is 91.2 cm³/mol. The largest absolute Gasteiger partial charge is 0.416 e. The third kappa shape index (κ3) is 4.80. The second kappa shape index (κ2) is 7.97. The molecule has 1 aliphatic heterocycles. The quantitative estimate of drug-likeness (QED) is 0.913. The number of aromatic nitrogens is 1. The van der Waals surface area contributed by atoms with Gasteiger partial charge in [0.1, 0.15) is 0 Å². The SMILES string of the molecule is FC(F)(F)c1ccc(C(Cc2ccccn2)N2CCCNCC2)cc1. The van der Waals surface area contributed by atoms with Crippen molar-refractivity contribution in [3.05, 3.63) is 65.5 Å². The van der Waals surface area contributed by atoms with Crippen molar-refractivity contribution in [2.24, 2.45) is 0 Å². The molecule has 3 nitrogen and oxygen atoms in total. The summed E-state index contributed by atoms with van der Waals surface area (Å²) in [6.45, 7) is 3.66. The molecule has 1 N–H and O–H groups in total. The van der Waals surface area contributed by atoms with Crippen LogP contribution in [0.2, 0.25) is 0 Å². The zero-order chi connectivity index (χ0) is 17.7. The lowest BCUT2D eigenvalue weighted by Crippen LogP contribution is -2.33. The molecule has 0 aliphatic carbocycles. The molecule has 1 saturated heterocycles. The van der Waals surface area contributed by atoms with Gasteiger partial charge in [-0.2, -0.15) is 13.2 Å². The van der Waals surface area contributed by atoms with Crippen molar-refractivity contribution in [2.75, 3.05) is 26.2 Å². The van der Waals surface area contributed by atoms with Gasteiger partial charge in [-0.3, -0.25) is 9.88 Å². The second-order valence-electron chi connectivity index (χ2n) is 6.30. The van der Waals surface area contributed by atoms with E-state index >= 15 is 0 Å². The van der Waals surface area contributed by atoms with Gasteiger partial charge in [-0.25, -0.2) is 0 Å². The summed E-state index contributed by atoms with van der Waals surface area (Å²) in [6, 6.07) is 11.4. The van der Waals surface area contributed by atoms with Crippen LogP contribution in [-0.4, -0.2) is 36.1 Å². The Kier molecular flexibility index (Phi) is 5.71. The molecule has 0 spiro atoms. The lowest BCUT2D eigenvalue weighted by atomic mass is 9.98. The first kappa shape index (κ1) is 17.9. The number of benzene rings is 1. The number of hydrogen-bond donors (Lipinski definition) is 1. The van der Waals surface area contributed by atoms with Gasteiger partial charge >= 0.3 is 6.18 Å². The van der Waals surface area contributed by atoms with Crippen molar-refractivity contribution in [3.63, 3.8) is 0 Å². The standard InChI is InChI=1S/C19H22F3N3/c20-19(21,22)16-7-5-15(6-8-16)18(14-17-4-1-2-10-24-17)25-12-3-9-23-11-13-25/h1-2,4-8,10,18,23H,3,9,11-14H2. The highest BCUT2D eigenvalue weighted by atomic mass is 19.4. The monoisotopic (exact) mass is 349 g/mol. The molecule has 0 amide bonds. The van der Waals surface area contributed by atoms with E-state index in [9.17, 15) is 13.2 Å². The first-order valence-electron chi connectivity index (χ1n) is 8.56. The van der Waals surface area contributed by atoms with Crippen molar-refractivity contribution >= 4 is 0 Å². The van der Waals surface area contributed by atoms with Gasteiger partial charge in [0.25, 0.3) is 0 Å². The van der Waals surface area contributed by atoms with Crippen LogP contribution < -0.4 is 5.32 Å². The Hall–Kier alpha value is -1.92. The van der Waals surface area contributed by atoms with Gasteiger partial charge in [-0.05, 0) is 42.8 Å². The highest BCUT2D eigenvalue weighted by Crippen LogP contribution is 2.32. The van der Waals surface area contributed by atoms with Gasteiger partial charge in [0, 0.05) is 44.0 Å². The Morgan fingerprint density at radius 2 is 1.84 bits per heavy atom. The molecule has 6 heteroatoms. The minimum Gasteiger partial charge on any atom is -0.315 e. The minimum absolute atomic E-state index is 0.0251. The van der Waals surface area contributed by atoms with E-state index in [1.54, 1.807) is 18.3 Å². The van der Waals surface area contributed by atoms with E-state index in [2.05, 4.69) is 15.2 Å². The Morgan fingerprint density at radius 3 is 2.52 bits per heavy atom. The van der Waals surface area contributed by atoms with Crippen LogP contribution in [0.5, 0.6) is 0 Å². The lowest BCUT2D eigenvalue weighted by Gasteiger charge is -2.31. The average Bonchev–Trinajstić information content (AvgIpc) is 2.89. The minimum atomic E-state index is -4.30. The van der Waals surface area contributed by atoms with Gasteiger partial charge < -0.3 is 5.32 Å². The maximum absolute atomic E-state index is 12.8. The summed E-state index contributed by atoms with van der Waals surface area (Å²) in [5, 5.41) is 3.37. The molecule has 1 aromatic heterocycles. The maximum atomic E-state index is 12.8. The van der Waals surface area contributed by atoms with E-state index in [-0.39, 0.29) is 6.04 Å². The summed E-state index contributed by atoms with van der Waals surface area (Å²) in [4.78, 5) is 6.74. The zero-order valence-electron chi connectivity index (χ0n) is 14.0. The maximum Gasteiger partial charge on any atom is 0.416 e. The molecular formula is C19H22F3N3. The van der Waals surface area contributed by atoms with Crippen LogP contribution in [0, 0.1) is 0 Å². The smallest absolute Gasteiger partial charge is 0.315 e. The summed E-state index contributed by atoms with van der Waals surface area (Å²) in [7, 11) is 0. The molecule has 2 heterocycles. The first-order valence-corrected chi connectivity index (χ1v) is 8.56. The number of alkyl halides is 3. The molecule has 3 rings (SSSR count). The molecule has 1 aliphatic rings. The number of hydrogen-bond acceptors (Lipinski definition) is 3. The molecule has 134 valence electrons. The van der Waals surface area contributed by atoms with E-state index in [4.69, 9.17) is 0 Å². The number of nitrogens with one attached hydrogen (secondary N) is 1. The van der Waals surface area contributed by atoms with E-state index in [1.165, 1.54) is 12.1 Å².